The molecule has 1 amide bonds. The Labute approximate surface area is 141 Å². The molecule has 2 N–H and O–H groups in total. The van der Waals surface area contributed by atoms with Crippen LogP contribution in [-0.4, -0.2) is 23.6 Å². The van der Waals surface area contributed by atoms with Gasteiger partial charge in [0.15, 0.2) is 6.04 Å². The average molecular weight is 327 g/mol. The van der Waals surface area contributed by atoms with Crippen LogP contribution in [0.2, 0.25) is 0 Å². The minimum Gasteiger partial charge on any atom is -0.493 e. The molecule has 1 atom stereocenters. The molecule has 0 fully saturated rings. The Bertz CT molecular complexity index is 680. The standard InChI is InChI=1S/C19H21NO4/c1-13(2)12-24-16-10-8-15(9-11-16)18(21)20-17(19(22)23)14-6-4-3-5-7-14/h3-11,13,17H,12H2,1-2H3,(H,20,21)(H,22,23)/t17-/m0/s1. The molecule has 0 aliphatic heterocycles. The van der Waals surface area contributed by atoms with E-state index < -0.39 is 17.9 Å². The molecule has 126 valence electrons. The monoisotopic (exact) mass is 327 g/mol. The van der Waals surface area contributed by atoms with E-state index in [4.69, 9.17) is 4.74 Å². The molecule has 0 aromatic heterocycles. The van der Waals surface area contributed by atoms with E-state index >= 15 is 0 Å². The zero-order chi connectivity index (χ0) is 17.5. The van der Waals surface area contributed by atoms with Crippen molar-refractivity contribution in [1.82, 2.24) is 5.32 Å². The van der Waals surface area contributed by atoms with Crippen molar-refractivity contribution >= 4 is 11.9 Å². The summed E-state index contributed by atoms with van der Waals surface area (Å²) in [6.07, 6.45) is 0. The summed E-state index contributed by atoms with van der Waals surface area (Å²) in [5.41, 5.74) is 0.907. The summed E-state index contributed by atoms with van der Waals surface area (Å²) in [6.45, 7) is 4.70. The number of carbonyl (C=O) groups is 2. The zero-order valence-corrected chi connectivity index (χ0v) is 13.7. The van der Waals surface area contributed by atoms with Crippen molar-refractivity contribution in [3.8, 4) is 5.75 Å². The van der Waals surface area contributed by atoms with Crippen LogP contribution in [0.4, 0.5) is 0 Å². The van der Waals surface area contributed by atoms with Crippen molar-refractivity contribution in [2.75, 3.05) is 6.61 Å². The van der Waals surface area contributed by atoms with E-state index in [0.29, 0.717) is 29.4 Å². The zero-order valence-electron chi connectivity index (χ0n) is 13.7. The second-order valence-electron chi connectivity index (χ2n) is 5.88. The number of benzene rings is 2. The lowest BCUT2D eigenvalue weighted by molar-refractivity contribution is -0.139. The quantitative estimate of drug-likeness (QED) is 0.818. The fourth-order valence-electron chi connectivity index (χ4n) is 2.11. The molecule has 0 heterocycles. The Morgan fingerprint density at radius 1 is 1.04 bits per heavy atom. The number of amides is 1. The maximum absolute atomic E-state index is 12.3. The lowest BCUT2D eigenvalue weighted by Gasteiger charge is -2.15. The number of carboxylic acid groups (broad SMARTS) is 1. The third kappa shape index (κ3) is 4.84. The van der Waals surface area contributed by atoms with Gasteiger partial charge in [-0.1, -0.05) is 44.2 Å². The fraction of sp³-hybridized carbons (Fsp3) is 0.263. The minimum absolute atomic E-state index is 0.383. The smallest absolute Gasteiger partial charge is 0.330 e. The van der Waals surface area contributed by atoms with E-state index in [2.05, 4.69) is 19.2 Å². The summed E-state index contributed by atoms with van der Waals surface area (Å²) < 4.78 is 5.56. The van der Waals surface area contributed by atoms with E-state index in [0.717, 1.165) is 0 Å². The van der Waals surface area contributed by atoms with Crippen LogP contribution in [0.5, 0.6) is 5.75 Å². The first kappa shape index (κ1) is 17.5. The molecule has 0 radical (unpaired) electrons. The molecular weight excluding hydrogens is 306 g/mol. The molecule has 2 aromatic rings. The number of hydrogen-bond donors (Lipinski definition) is 2. The summed E-state index contributed by atoms with van der Waals surface area (Å²) in [5, 5.41) is 11.9. The molecule has 0 unspecified atom stereocenters. The van der Waals surface area contributed by atoms with Crippen LogP contribution in [0.3, 0.4) is 0 Å². The molecule has 0 saturated carbocycles. The minimum atomic E-state index is -1.11. The number of aliphatic carboxylic acids is 1. The van der Waals surface area contributed by atoms with Crippen LogP contribution in [0.15, 0.2) is 54.6 Å². The Kier molecular flexibility index (Phi) is 5.95. The highest BCUT2D eigenvalue weighted by Crippen LogP contribution is 2.16. The summed E-state index contributed by atoms with van der Waals surface area (Å²) in [4.78, 5) is 23.7. The second kappa shape index (κ2) is 8.15. The topological polar surface area (TPSA) is 75.6 Å². The average Bonchev–Trinajstić information content (AvgIpc) is 2.58. The predicted molar refractivity (Wildman–Crippen MR) is 91.1 cm³/mol. The molecule has 0 saturated heterocycles. The van der Waals surface area contributed by atoms with E-state index in [-0.39, 0.29) is 0 Å². The number of nitrogens with one attached hydrogen (secondary N) is 1. The van der Waals surface area contributed by atoms with Gasteiger partial charge in [-0.3, -0.25) is 4.79 Å². The highest BCUT2D eigenvalue weighted by Gasteiger charge is 2.22. The number of ether oxygens (including phenoxy) is 1. The maximum Gasteiger partial charge on any atom is 0.330 e. The van der Waals surface area contributed by atoms with Crippen LogP contribution < -0.4 is 10.1 Å². The molecular formula is C19H21NO4. The fourth-order valence-corrected chi connectivity index (χ4v) is 2.11. The molecule has 2 aromatic carbocycles. The largest absolute Gasteiger partial charge is 0.493 e. The first-order chi connectivity index (χ1) is 11.5. The van der Waals surface area contributed by atoms with Crippen LogP contribution in [0.25, 0.3) is 0 Å². The summed E-state index contributed by atoms with van der Waals surface area (Å²) >= 11 is 0. The Balaban J connectivity index is 2.06. The Morgan fingerprint density at radius 2 is 1.67 bits per heavy atom. The van der Waals surface area contributed by atoms with Crippen LogP contribution in [-0.2, 0) is 4.79 Å². The third-order valence-electron chi connectivity index (χ3n) is 3.36. The number of carboxylic acids is 1. The van der Waals surface area contributed by atoms with Gasteiger partial charge < -0.3 is 15.2 Å². The van der Waals surface area contributed by atoms with Crippen LogP contribution in [0.1, 0.15) is 35.8 Å². The van der Waals surface area contributed by atoms with Gasteiger partial charge in [0, 0.05) is 5.56 Å². The molecule has 0 spiro atoms. The molecule has 0 aliphatic rings. The Morgan fingerprint density at radius 3 is 2.21 bits per heavy atom. The van der Waals surface area contributed by atoms with E-state index in [9.17, 15) is 14.7 Å². The second-order valence-corrected chi connectivity index (χ2v) is 5.88. The van der Waals surface area contributed by atoms with Gasteiger partial charge in [0.2, 0.25) is 0 Å². The molecule has 5 nitrogen and oxygen atoms in total. The summed E-state index contributed by atoms with van der Waals surface area (Å²) in [7, 11) is 0. The van der Waals surface area contributed by atoms with E-state index in [1.54, 1.807) is 54.6 Å². The number of carbonyl (C=O) groups excluding carboxylic acids is 1. The highest BCUT2D eigenvalue weighted by atomic mass is 16.5. The summed E-state index contributed by atoms with van der Waals surface area (Å²) in [6, 6.07) is 14.2. The van der Waals surface area contributed by atoms with Gasteiger partial charge in [-0.25, -0.2) is 4.79 Å². The van der Waals surface area contributed by atoms with Crippen molar-refractivity contribution in [1.29, 1.82) is 0 Å². The lowest BCUT2D eigenvalue weighted by atomic mass is 10.1. The SMILES string of the molecule is CC(C)COc1ccc(C(=O)N[C@H](C(=O)O)c2ccccc2)cc1. The van der Waals surface area contributed by atoms with Gasteiger partial charge in [0.25, 0.3) is 5.91 Å². The highest BCUT2D eigenvalue weighted by molar-refractivity contribution is 5.96. The van der Waals surface area contributed by atoms with Gasteiger partial charge in [-0.2, -0.15) is 0 Å². The summed E-state index contributed by atoms with van der Waals surface area (Å²) in [5.74, 6) is -0.457. The van der Waals surface area contributed by atoms with Gasteiger partial charge >= 0.3 is 5.97 Å². The van der Waals surface area contributed by atoms with E-state index in [1.807, 2.05) is 0 Å². The first-order valence-corrected chi connectivity index (χ1v) is 7.79. The molecule has 24 heavy (non-hydrogen) atoms. The van der Waals surface area contributed by atoms with Crippen LogP contribution >= 0.6 is 0 Å². The number of hydrogen-bond acceptors (Lipinski definition) is 3. The van der Waals surface area contributed by atoms with Gasteiger partial charge in [-0.05, 0) is 35.7 Å². The third-order valence-corrected chi connectivity index (χ3v) is 3.36. The molecule has 2 rings (SSSR count). The number of rotatable bonds is 7. The van der Waals surface area contributed by atoms with Crippen molar-refractivity contribution in [2.45, 2.75) is 19.9 Å². The normalized spacial score (nSPS) is 11.8. The van der Waals surface area contributed by atoms with Gasteiger partial charge in [0.1, 0.15) is 5.75 Å². The van der Waals surface area contributed by atoms with Crippen molar-refractivity contribution in [3.63, 3.8) is 0 Å². The Hall–Kier alpha value is -2.82. The predicted octanol–water partition coefficient (Wildman–Crippen LogP) is 3.28. The molecule has 0 bridgehead atoms. The van der Waals surface area contributed by atoms with Crippen LogP contribution in [0, 0.1) is 5.92 Å². The lowest BCUT2D eigenvalue weighted by Crippen LogP contribution is -2.33. The van der Waals surface area contributed by atoms with E-state index in [1.165, 1.54) is 0 Å². The van der Waals surface area contributed by atoms with Crippen molar-refractivity contribution < 1.29 is 19.4 Å². The van der Waals surface area contributed by atoms with Gasteiger partial charge in [0.05, 0.1) is 6.61 Å². The maximum atomic E-state index is 12.3. The van der Waals surface area contributed by atoms with Gasteiger partial charge in [-0.15, -0.1) is 0 Å². The molecule has 0 aliphatic carbocycles. The molecule has 5 heteroatoms. The van der Waals surface area contributed by atoms with Crippen molar-refractivity contribution in [2.24, 2.45) is 5.92 Å². The van der Waals surface area contributed by atoms with Crippen molar-refractivity contribution in [3.05, 3.63) is 65.7 Å². The first-order valence-electron chi connectivity index (χ1n) is 7.79.